The molecule has 0 radical (unpaired) electrons. The number of amides is 1. The molecule has 0 aromatic heterocycles. The molecular formula is C19H20FN3O3. The van der Waals surface area contributed by atoms with Crippen molar-refractivity contribution in [2.24, 2.45) is 0 Å². The molecular weight excluding hydrogens is 337 g/mol. The molecule has 26 heavy (non-hydrogen) atoms. The molecule has 1 N–H and O–H groups in total. The van der Waals surface area contributed by atoms with Gasteiger partial charge in [0.05, 0.1) is 11.0 Å². The van der Waals surface area contributed by atoms with E-state index in [9.17, 15) is 19.3 Å². The van der Waals surface area contributed by atoms with Crippen molar-refractivity contribution >= 4 is 11.6 Å². The van der Waals surface area contributed by atoms with Gasteiger partial charge in [-0.2, -0.15) is 0 Å². The second kappa shape index (κ2) is 7.61. The molecule has 1 saturated heterocycles. The highest BCUT2D eigenvalue weighted by molar-refractivity contribution is 5.95. The monoisotopic (exact) mass is 357 g/mol. The number of nitrogens with zero attached hydrogens (tertiary/aromatic N) is 2. The first-order chi connectivity index (χ1) is 12.5. The van der Waals surface area contributed by atoms with Crippen LogP contribution in [0.3, 0.4) is 0 Å². The van der Waals surface area contributed by atoms with Gasteiger partial charge in [0.2, 0.25) is 0 Å². The number of nitrogens with one attached hydrogen (secondary N) is 1. The Balaban J connectivity index is 1.94. The van der Waals surface area contributed by atoms with Crippen LogP contribution in [0.2, 0.25) is 0 Å². The summed E-state index contributed by atoms with van der Waals surface area (Å²) in [5.41, 5.74) is 1.52. The molecule has 2 aromatic carbocycles. The molecule has 1 unspecified atom stereocenters. The molecule has 2 aromatic rings. The van der Waals surface area contributed by atoms with Crippen molar-refractivity contribution in [1.29, 1.82) is 0 Å². The van der Waals surface area contributed by atoms with Crippen molar-refractivity contribution in [2.75, 3.05) is 19.6 Å². The van der Waals surface area contributed by atoms with Crippen molar-refractivity contribution in [1.82, 2.24) is 10.2 Å². The second-order valence-corrected chi connectivity index (χ2v) is 6.23. The summed E-state index contributed by atoms with van der Waals surface area (Å²) in [5, 5.41) is 14.5. The first-order valence-corrected chi connectivity index (χ1v) is 8.55. The molecule has 136 valence electrons. The van der Waals surface area contributed by atoms with Gasteiger partial charge in [-0.15, -0.1) is 0 Å². The number of aryl methyl sites for hydroxylation is 1. The summed E-state index contributed by atoms with van der Waals surface area (Å²) in [6.45, 7) is 3.40. The van der Waals surface area contributed by atoms with E-state index in [4.69, 9.17) is 0 Å². The summed E-state index contributed by atoms with van der Waals surface area (Å²) in [6, 6.07) is 10.4. The molecule has 0 saturated carbocycles. The molecule has 0 aliphatic carbocycles. The number of rotatable bonds is 4. The Labute approximate surface area is 150 Å². The summed E-state index contributed by atoms with van der Waals surface area (Å²) in [5.74, 6) is -0.644. The average Bonchev–Trinajstić information content (AvgIpc) is 2.66. The van der Waals surface area contributed by atoms with E-state index >= 15 is 0 Å². The number of carbonyl (C=O) groups excluding carboxylic acids is 1. The fourth-order valence-electron chi connectivity index (χ4n) is 3.29. The minimum Gasteiger partial charge on any atom is -0.329 e. The van der Waals surface area contributed by atoms with Crippen LogP contribution in [0.4, 0.5) is 10.1 Å². The Morgan fingerprint density at radius 3 is 2.85 bits per heavy atom. The first-order valence-electron chi connectivity index (χ1n) is 8.55. The van der Waals surface area contributed by atoms with Crippen LogP contribution in [0, 0.1) is 15.9 Å². The van der Waals surface area contributed by atoms with Gasteiger partial charge >= 0.3 is 0 Å². The summed E-state index contributed by atoms with van der Waals surface area (Å²) < 4.78 is 13.6. The zero-order valence-electron chi connectivity index (χ0n) is 14.4. The minimum atomic E-state index is -0.461. The van der Waals surface area contributed by atoms with Crippen molar-refractivity contribution in [3.8, 4) is 0 Å². The number of nitro benzene ring substituents is 1. The minimum absolute atomic E-state index is 0.0456. The van der Waals surface area contributed by atoms with E-state index in [2.05, 4.69) is 5.32 Å². The van der Waals surface area contributed by atoms with Gasteiger partial charge in [-0.05, 0) is 30.2 Å². The fourth-order valence-corrected chi connectivity index (χ4v) is 3.29. The number of hydrogen-bond acceptors (Lipinski definition) is 4. The van der Waals surface area contributed by atoms with Crippen molar-refractivity contribution < 1.29 is 14.1 Å². The van der Waals surface area contributed by atoms with E-state index in [1.54, 1.807) is 29.2 Å². The molecule has 1 aliphatic rings. The predicted octanol–water partition coefficient (Wildman–Crippen LogP) is 3.08. The predicted molar refractivity (Wildman–Crippen MR) is 95.5 cm³/mol. The smallest absolute Gasteiger partial charge is 0.273 e. The maximum absolute atomic E-state index is 13.6. The highest BCUT2D eigenvalue weighted by Gasteiger charge is 2.30. The lowest BCUT2D eigenvalue weighted by Gasteiger charge is -2.36. The maximum atomic E-state index is 13.6. The highest BCUT2D eigenvalue weighted by Crippen LogP contribution is 2.27. The van der Waals surface area contributed by atoms with E-state index in [0.717, 1.165) is 0 Å². The average molecular weight is 357 g/mol. The Hall–Kier alpha value is -2.80. The number of halogens is 1. The third-order valence-electron chi connectivity index (χ3n) is 4.65. The van der Waals surface area contributed by atoms with Gasteiger partial charge in [-0.1, -0.05) is 25.1 Å². The number of piperazine rings is 1. The van der Waals surface area contributed by atoms with E-state index in [1.165, 1.54) is 18.2 Å². The summed E-state index contributed by atoms with van der Waals surface area (Å²) in [6.07, 6.45) is 0.518. The van der Waals surface area contributed by atoms with Crippen molar-refractivity contribution in [3.63, 3.8) is 0 Å². The third kappa shape index (κ3) is 3.57. The standard InChI is InChI=1S/C19H20FN3O3/c1-2-13-6-7-15(11-17(13)23(25)26)19(24)22-9-8-21-12-18(22)14-4-3-5-16(20)10-14/h3-7,10-11,18,21H,2,8-9,12H2,1H3. The molecule has 1 aliphatic heterocycles. The fraction of sp³-hybridized carbons (Fsp3) is 0.316. The summed E-state index contributed by atoms with van der Waals surface area (Å²) in [7, 11) is 0. The van der Waals surface area contributed by atoms with Crippen molar-refractivity contribution in [2.45, 2.75) is 19.4 Å². The highest BCUT2D eigenvalue weighted by atomic mass is 19.1. The normalized spacial score (nSPS) is 17.2. The SMILES string of the molecule is CCc1ccc(C(=O)N2CCNCC2c2cccc(F)c2)cc1[N+](=O)[O-]. The molecule has 0 spiro atoms. The van der Waals surface area contributed by atoms with Gasteiger partial charge in [-0.3, -0.25) is 14.9 Å². The van der Waals surface area contributed by atoms with E-state index in [-0.39, 0.29) is 29.0 Å². The Morgan fingerprint density at radius 1 is 1.35 bits per heavy atom. The molecule has 6 nitrogen and oxygen atoms in total. The molecule has 3 rings (SSSR count). The van der Waals surface area contributed by atoms with Gasteiger partial charge in [0.15, 0.2) is 0 Å². The van der Waals surface area contributed by atoms with Crippen molar-refractivity contribution in [3.05, 3.63) is 75.1 Å². The van der Waals surface area contributed by atoms with Gasteiger partial charge in [-0.25, -0.2) is 4.39 Å². The van der Waals surface area contributed by atoms with Crippen LogP contribution in [0.1, 0.15) is 34.5 Å². The quantitative estimate of drug-likeness (QED) is 0.674. The van der Waals surface area contributed by atoms with Crippen LogP contribution in [-0.4, -0.2) is 35.4 Å². The largest absolute Gasteiger partial charge is 0.329 e. The van der Waals surface area contributed by atoms with E-state index < -0.39 is 4.92 Å². The van der Waals surface area contributed by atoms with Gasteiger partial charge in [0.25, 0.3) is 11.6 Å². The second-order valence-electron chi connectivity index (χ2n) is 6.23. The lowest BCUT2D eigenvalue weighted by Crippen LogP contribution is -2.48. The molecule has 1 amide bonds. The van der Waals surface area contributed by atoms with Gasteiger partial charge in [0, 0.05) is 36.8 Å². The Kier molecular flexibility index (Phi) is 5.27. The molecule has 1 fully saturated rings. The van der Waals surface area contributed by atoms with Crippen LogP contribution in [0.5, 0.6) is 0 Å². The zero-order chi connectivity index (χ0) is 18.7. The lowest BCUT2D eigenvalue weighted by atomic mass is 10.0. The van der Waals surface area contributed by atoms with Crippen LogP contribution >= 0.6 is 0 Å². The van der Waals surface area contributed by atoms with Crippen LogP contribution < -0.4 is 5.32 Å². The van der Waals surface area contributed by atoms with E-state index in [0.29, 0.717) is 37.2 Å². The topological polar surface area (TPSA) is 75.5 Å². The van der Waals surface area contributed by atoms with Gasteiger partial charge in [0.1, 0.15) is 5.82 Å². The maximum Gasteiger partial charge on any atom is 0.273 e. The van der Waals surface area contributed by atoms with Crippen LogP contribution in [0.25, 0.3) is 0 Å². The molecule has 7 heteroatoms. The Bertz CT molecular complexity index is 841. The lowest BCUT2D eigenvalue weighted by molar-refractivity contribution is -0.385. The summed E-state index contributed by atoms with van der Waals surface area (Å²) in [4.78, 5) is 25.5. The van der Waals surface area contributed by atoms with Crippen LogP contribution in [-0.2, 0) is 6.42 Å². The van der Waals surface area contributed by atoms with E-state index in [1.807, 2.05) is 6.92 Å². The number of carbonyl (C=O) groups is 1. The Morgan fingerprint density at radius 2 is 2.15 bits per heavy atom. The zero-order valence-corrected chi connectivity index (χ0v) is 14.4. The van der Waals surface area contributed by atoms with Gasteiger partial charge < -0.3 is 10.2 Å². The number of benzene rings is 2. The third-order valence-corrected chi connectivity index (χ3v) is 4.65. The molecule has 1 atom stereocenters. The number of hydrogen-bond donors (Lipinski definition) is 1. The first kappa shape index (κ1) is 18.0. The summed E-state index contributed by atoms with van der Waals surface area (Å²) >= 11 is 0. The molecule has 0 bridgehead atoms. The number of nitro groups is 1. The molecule has 1 heterocycles. The van der Waals surface area contributed by atoms with Crippen LogP contribution in [0.15, 0.2) is 42.5 Å².